The number of nitrogens with zero attached hydrogens (tertiary/aromatic N) is 6. The molecule has 0 N–H and O–H groups in total. The predicted molar refractivity (Wildman–Crippen MR) is 126 cm³/mol. The fourth-order valence-electron chi connectivity index (χ4n) is 4.13. The van der Waals surface area contributed by atoms with Gasteiger partial charge in [0.05, 0.1) is 17.3 Å². The zero-order chi connectivity index (χ0) is 24.2. The Hall–Kier alpha value is -4.27. The first-order valence-corrected chi connectivity index (χ1v) is 11.4. The van der Waals surface area contributed by atoms with E-state index in [1.165, 1.54) is 12.4 Å². The van der Waals surface area contributed by atoms with Crippen LogP contribution >= 0.6 is 0 Å². The molecule has 176 valence electrons. The third-order valence-electron chi connectivity index (χ3n) is 5.83. The Labute approximate surface area is 201 Å². The molecule has 1 atom stereocenters. The number of carbonyl (C=O) groups is 1. The zero-order valence-corrected chi connectivity index (χ0v) is 19.1. The van der Waals surface area contributed by atoms with E-state index >= 15 is 0 Å². The lowest BCUT2D eigenvalue weighted by Gasteiger charge is -2.35. The maximum absolute atomic E-state index is 14.1. The number of rotatable bonds is 5. The van der Waals surface area contributed by atoms with E-state index in [4.69, 9.17) is 4.74 Å². The highest BCUT2D eigenvalue weighted by Crippen LogP contribution is 2.32. The SMILES string of the molecule is Cc1cc(Oc2ccccc2F)nc([C@H]2CCCCN2C(=O)c2ccc(-c3cncnc3)nc2)n1. The van der Waals surface area contributed by atoms with Gasteiger partial charge in [-0.1, -0.05) is 12.1 Å². The summed E-state index contributed by atoms with van der Waals surface area (Å²) in [5.41, 5.74) is 2.62. The Bertz CT molecular complexity index is 1330. The molecule has 1 fully saturated rings. The molecule has 0 radical (unpaired) electrons. The molecule has 1 saturated heterocycles. The first-order chi connectivity index (χ1) is 17.1. The van der Waals surface area contributed by atoms with Gasteiger partial charge in [0.2, 0.25) is 5.88 Å². The topological polar surface area (TPSA) is 94.0 Å². The number of ether oxygens (including phenoxy) is 1. The largest absolute Gasteiger partial charge is 0.436 e. The van der Waals surface area contributed by atoms with E-state index in [0.29, 0.717) is 29.3 Å². The molecule has 0 aliphatic carbocycles. The molecule has 1 aliphatic rings. The molecule has 9 heteroatoms. The van der Waals surface area contributed by atoms with Crippen molar-refractivity contribution in [1.82, 2.24) is 29.8 Å². The Morgan fingerprint density at radius 1 is 1.06 bits per heavy atom. The van der Waals surface area contributed by atoms with Gasteiger partial charge in [0.15, 0.2) is 17.4 Å². The zero-order valence-electron chi connectivity index (χ0n) is 19.1. The van der Waals surface area contributed by atoms with Crippen molar-refractivity contribution in [3.05, 3.63) is 90.3 Å². The fraction of sp³-hybridized carbons (Fsp3) is 0.231. The Morgan fingerprint density at radius 3 is 2.66 bits per heavy atom. The molecule has 0 spiro atoms. The number of benzene rings is 1. The number of piperidine rings is 1. The van der Waals surface area contributed by atoms with Crippen LogP contribution in [0.1, 0.15) is 47.2 Å². The van der Waals surface area contributed by atoms with Gasteiger partial charge in [0.25, 0.3) is 5.91 Å². The molecule has 1 aromatic carbocycles. The molecular formula is C26H23FN6O2. The quantitative estimate of drug-likeness (QED) is 0.408. The molecule has 5 rings (SSSR count). The van der Waals surface area contributed by atoms with Gasteiger partial charge in [-0.25, -0.2) is 19.3 Å². The number of para-hydroxylation sites is 1. The fourth-order valence-corrected chi connectivity index (χ4v) is 4.13. The van der Waals surface area contributed by atoms with Gasteiger partial charge in [0.1, 0.15) is 6.33 Å². The second kappa shape index (κ2) is 9.92. The van der Waals surface area contributed by atoms with E-state index in [2.05, 4.69) is 24.9 Å². The number of aromatic nitrogens is 5. The highest BCUT2D eigenvalue weighted by atomic mass is 19.1. The summed E-state index contributed by atoms with van der Waals surface area (Å²) in [6.07, 6.45) is 8.93. The lowest BCUT2D eigenvalue weighted by Crippen LogP contribution is -2.39. The molecular weight excluding hydrogens is 447 g/mol. The van der Waals surface area contributed by atoms with Crippen LogP contribution in [0, 0.1) is 12.7 Å². The van der Waals surface area contributed by atoms with Crippen molar-refractivity contribution in [3.8, 4) is 22.9 Å². The van der Waals surface area contributed by atoms with Crippen molar-refractivity contribution >= 4 is 5.91 Å². The summed E-state index contributed by atoms with van der Waals surface area (Å²) in [7, 11) is 0. The molecule has 0 bridgehead atoms. The van der Waals surface area contributed by atoms with E-state index < -0.39 is 5.82 Å². The molecule has 0 unspecified atom stereocenters. The van der Waals surface area contributed by atoms with Gasteiger partial charge in [-0.15, -0.1) is 0 Å². The minimum absolute atomic E-state index is 0.0862. The predicted octanol–water partition coefficient (Wildman–Crippen LogP) is 4.94. The van der Waals surface area contributed by atoms with Crippen molar-refractivity contribution < 1.29 is 13.9 Å². The normalized spacial score (nSPS) is 15.6. The molecule has 4 aromatic rings. The number of likely N-dealkylation sites (tertiary alicyclic amines) is 1. The van der Waals surface area contributed by atoms with Crippen LogP contribution in [0.5, 0.6) is 11.6 Å². The van der Waals surface area contributed by atoms with Crippen LogP contribution in [-0.4, -0.2) is 42.3 Å². The maximum Gasteiger partial charge on any atom is 0.256 e. The number of pyridine rings is 1. The highest BCUT2D eigenvalue weighted by Gasteiger charge is 2.31. The molecule has 1 amide bonds. The smallest absolute Gasteiger partial charge is 0.256 e. The minimum Gasteiger partial charge on any atom is -0.436 e. The van der Waals surface area contributed by atoms with Crippen LogP contribution in [0.15, 0.2) is 67.4 Å². The van der Waals surface area contributed by atoms with Crippen LogP contribution in [0.2, 0.25) is 0 Å². The third-order valence-corrected chi connectivity index (χ3v) is 5.83. The second-order valence-electron chi connectivity index (χ2n) is 8.31. The monoisotopic (exact) mass is 470 g/mol. The number of aryl methyl sites for hydroxylation is 1. The van der Waals surface area contributed by atoms with Crippen LogP contribution in [0.4, 0.5) is 4.39 Å². The van der Waals surface area contributed by atoms with Crippen molar-refractivity contribution in [2.24, 2.45) is 0 Å². The van der Waals surface area contributed by atoms with Crippen molar-refractivity contribution in [3.63, 3.8) is 0 Å². The second-order valence-corrected chi connectivity index (χ2v) is 8.31. The summed E-state index contributed by atoms with van der Waals surface area (Å²) in [6.45, 7) is 2.41. The Morgan fingerprint density at radius 2 is 1.89 bits per heavy atom. The molecule has 3 aromatic heterocycles. The number of amides is 1. The average molecular weight is 471 g/mol. The number of carbonyl (C=O) groups excluding carboxylic acids is 1. The van der Waals surface area contributed by atoms with Gasteiger partial charge in [-0.3, -0.25) is 9.78 Å². The van der Waals surface area contributed by atoms with Crippen LogP contribution in [0.3, 0.4) is 0 Å². The number of halogens is 1. The average Bonchev–Trinajstić information content (AvgIpc) is 2.90. The van der Waals surface area contributed by atoms with Gasteiger partial charge >= 0.3 is 0 Å². The Balaban J connectivity index is 1.40. The number of hydrogen-bond acceptors (Lipinski definition) is 7. The Kier molecular flexibility index (Phi) is 6.38. The standard InChI is InChI=1S/C26H23FN6O2/c1-17-12-24(35-23-8-3-2-6-20(23)27)32-25(31-17)22-7-4-5-11-33(22)26(34)18-9-10-21(30-15-18)19-13-28-16-29-14-19/h2-3,6,8-10,12-16,22H,4-5,7,11H2,1H3/t22-/m1/s1. The molecule has 4 heterocycles. The molecule has 35 heavy (non-hydrogen) atoms. The minimum atomic E-state index is -0.474. The summed E-state index contributed by atoms with van der Waals surface area (Å²) >= 11 is 0. The summed E-state index contributed by atoms with van der Waals surface area (Å²) in [6, 6.07) is 11.0. The van der Waals surface area contributed by atoms with Crippen molar-refractivity contribution in [2.75, 3.05) is 6.54 Å². The first-order valence-electron chi connectivity index (χ1n) is 11.4. The van der Waals surface area contributed by atoms with Gasteiger partial charge in [0, 0.05) is 42.5 Å². The number of hydrogen-bond donors (Lipinski definition) is 0. The molecule has 0 saturated carbocycles. The van der Waals surface area contributed by atoms with Gasteiger partial charge < -0.3 is 9.64 Å². The molecule has 1 aliphatic heterocycles. The summed E-state index contributed by atoms with van der Waals surface area (Å²) in [5.74, 6) is 0.197. The summed E-state index contributed by atoms with van der Waals surface area (Å²) < 4.78 is 19.8. The summed E-state index contributed by atoms with van der Waals surface area (Å²) in [5, 5.41) is 0. The van der Waals surface area contributed by atoms with E-state index in [9.17, 15) is 9.18 Å². The van der Waals surface area contributed by atoms with Gasteiger partial charge in [-0.2, -0.15) is 4.98 Å². The maximum atomic E-state index is 14.1. The van der Waals surface area contributed by atoms with Crippen molar-refractivity contribution in [2.45, 2.75) is 32.2 Å². The summed E-state index contributed by atoms with van der Waals surface area (Å²) in [4.78, 5) is 36.8. The van der Waals surface area contributed by atoms with Crippen LogP contribution in [-0.2, 0) is 0 Å². The van der Waals surface area contributed by atoms with Crippen molar-refractivity contribution in [1.29, 1.82) is 0 Å². The van der Waals surface area contributed by atoms with Crippen LogP contribution < -0.4 is 4.74 Å². The lowest BCUT2D eigenvalue weighted by atomic mass is 10.00. The molecule has 8 nitrogen and oxygen atoms in total. The van der Waals surface area contributed by atoms with Gasteiger partial charge in [-0.05, 0) is 50.5 Å². The third kappa shape index (κ3) is 4.98. The van der Waals surface area contributed by atoms with E-state index in [1.54, 1.807) is 59.9 Å². The van der Waals surface area contributed by atoms with E-state index in [0.717, 1.165) is 24.8 Å². The highest BCUT2D eigenvalue weighted by molar-refractivity contribution is 5.94. The lowest BCUT2D eigenvalue weighted by molar-refractivity contribution is 0.0598. The van der Waals surface area contributed by atoms with E-state index in [1.807, 2.05) is 6.92 Å². The first kappa shape index (κ1) is 22.5. The van der Waals surface area contributed by atoms with Crippen LogP contribution in [0.25, 0.3) is 11.3 Å². The van der Waals surface area contributed by atoms with E-state index in [-0.39, 0.29) is 23.6 Å².